The number of unbranched alkanes of at least 4 members (excludes halogenated alkanes) is 1. The van der Waals surface area contributed by atoms with Crippen molar-refractivity contribution in [2.75, 3.05) is 5.75 Å². The van der Waals surface area contributed by atoms with Crippen LogP contribution in [0.5, 0.6) is 0 Å². The van der Waals surface area contributed by atoms with E-state index in [2.05, 4.69) is 23.0 Å². The molecule has 3 nitrogen and oxygen atoms in total. The third-order valence-electron chi connectivity index (χ3n) is 2.69. The molecule has 0 amide bonds. The SMILES string of the molecule is CCCCSc1nc(-c2ccncc2)ccc1C#N. The average molecular weight is 269 g/mol. The van der Waals surface area contributed by atoms with Crippen molar-refractivity contribution in [3.63, 3.8) is 0 Å². The van der Waals surface area contributed by atoms with Crippen molar-refractivity contribution in [3.05, 3.63) is 42.2 Å². The molecule has 96 valence electrons. The van der Waals surface area contributed by atoms with E-state index in [1.54, 1.807) is 24.2 Å². The van der Waals surface area contributed by atoms with Crippen molar-refractivity contribution in [1.82, 2.24) is 9.97 Å². The summed E-state index contributed by atoms with van der Waals surface area (Å²) in [6.07, 6.45) is 5.79. The standard InChI is InChI=1S/C15H15N3S/c1-2-3-10-19-15-13(11-16)4-5-14(18-15)12-6-8-17-9-7-12/h4-9H,2-3,10H2,1H3. The summed E-state index contributed by atoms with van der Waals surface area (Å²) in [7, 11) is 0. The summed E-state index contributed by atoms with van der Waals surface area (Å²) in [4.78, 5) is 8.60. The molecule has 0 saturated heterocycles. The summed E-state index contributed by atoms with van der Waals surface area (Å²) >= 11 is 1.66. The van der Waals surface area contributed by atoms with Gasteiger partial charge in [-0.3, -0.25) is 4.98 Å². The van der Waals surface area contributed by atoms with Crippen molar-refractivity contribution < 1.29 is 0 Å². The largest absolute Gasteiger partial charge is 0.265 e. The molecular weight excluding hydrogens is 254 g/mol. The van der Waals surface area contributed by atoms with Crippen LogP contribution in [0.1, 0.15) is 25.3 Å². The first-order valence-electron chi connectivity index (χ1n) is 6.29. The Bertz CT molecular complexity index is 576. The minimum absolute atomic E-state index is 0.652. The molecule has 19 heavy (non-hydrogen) atoms. The van der Waals surface area contributed by atoms with Crippen LogP contribution < -0.4 is 0 Å². The lowest BCUT2D eigenvalue weighted by atomic mass is 10.1. The fourth-order valence-electron chi connectivity index (χ4n) is 1.63. The van der Waals surface area contributed by atoms with E-state index in [0.29, 0.717) is 5.56 Å². The van der Waals surface area contributed by atoms with Crippen LogP contribution in [-0.4, -0.2) is 15.7 Å². The maximum absolute atomic E-state index is 9.12. The lowest BCUT2D eigenvalue weighted by Gasteiger charge is -2.06. The zero-order chi connectivity index (χ0) is 13.5. The van der Waals surface area contributed by atoms with Gasteiger partial charge in [-0.2, -0.15) is 5.26 Å². The molecule has 4 heteroatoms. The minimum Gasteiger partial charge on any atom is -0.265 e. The van der Waals surface area contributed by atoms with E-state index in [1.165, 1.54) is 0 Å². The number of thioether (sulfide) groups is 1. The zero-order valence-corrected chi connectivity index (χ0v) is 11.7. The zero-order valence-electron chi connectivity index (χ0n) is 10.8. The molecule has 0 N–H and O–H groups in total. The second kappa shape index (κ2) is 6.91. The number of pyridine rings is 2. The van der Waals surface area contributed by atoms with Gasteiger partial charge in [0, 0.05) is 18.0 Å². The highest BCUT2D eigenvalue weighted by Gasteiger charge is 2.07. The quantitative estimate of drug-likeness (QED) is 0.610. The van der Waals surface area contributed by atoms with Gasteiger partial charge >= 0.3 is 0 Å². The molecule has 2 aromatic heterocycles. The maximum atomic E-state index is 9.12. The van der Waals surface area contributed by atoms with Crippen molar-refractivity contribution in [3.8, 4) is 17.3 Å². The summed E-state index contributed by atoms with van der Waals surface area (Å²) in [5.74, 6) is 0.998. The molecule has 2 heterocycles. The fourth-order valence-corrected chi connectivity index (χ4v) is 2.69. The third kappa shape index (κ3) is 3.55. The van der Waals surface area contributed by atoms with Gasteiger partial charge in [0.2, 0.25) is 0 Å². The molecule has 2 aromatic rings. The Hall–Kier alpha value is -1.86. The van der Waals surface area contributed by atoms with Gasteiger partial charge in [-0.05, 0) is 36.4 Å². The molecule has 0 aliphatic carbocycles. The number of hydrogen-bond donors (Lipinski definition) is 0. The molecule has 0 saturated carbocycles. The highest BCUT2D eigenvalue weighted by atomic mass is 32.2. The van der Waals surface area contributed by atoms with Crippen molar-refractivity contribution in [2.45, 2.75) is 24.8 Å². The van der Waals surface area contributed by atoms with E-state index in [4.69, 9.17) is 5.26 Å². The molecule has 0 aliphatic heterocycles. The summed E-state index contributed by atoms with van der Waals surface area (Å²) in [5.41, 5.74) is 2.57. The molecule has 0 unspecified atom stereocenters. The molecule has 0 aliphatic rings. The highest BCUT2D eigenvalue weighted by molar-refractivity contribution is 7.99. The van der Waals surface area contributed by atoms with Gasteiger partial charge in [-0.1, -0.05) is 13.3 Å². The molecule has 0 atom stereocenters. The summed E-state index contributed by atoms with van der Waals surface area (Å²) < 4.78 is 0. The molecule has 0 bridgehead atoms. The Morgan fingerprint density at radius 2 is 2.00 bits per heavy atom. The molecule has 0 radical (unpaired) electrons. The Kier molecular flexibility index (Phi) is 4.93. The smallest absolute Gasteiger partial charge is 0.115 e. The Balaban J connectivity index is 2.28. The van der Waals surface area contributed by atoms with E-state index >= 15 is 0 Å². The van der Waals surface area contributed by atoms with Gasteiger partial charge in [0.15, 0.2) is 0 Å². The van der Waals surface area contributed by atoms with Crippen molar-refractivity contribution in [2.24, 2.45) is 0 Å². The van der Waals surface area contributed by atoms with Crippen LogP contribution in [0.2, 0.25) is 0 Å². The van der Waals surface area contributed by atoms with Gasteiger partial charge in [-0.15, -0.1) is 11.8 Å². The van der Waals surface area contributed by atoms with E-state index < -0.39 is 0 Å². The van der Waals surface area contributed by atoms with Crippen LogP contribution >= 0.6 is 11.8 Å². The lowest BCUT2D eigenvalue weighted by molar-refractivity contribution is 0.894. The molecule has 2 rings (SSSR count). The normalized spacial score (nSPS) is 10.1. The van der Waals surface area contributed by atoms with Gasteiger partial charge in [0.25, 0.3) is 0 Å². The van der Waals surface area contributed by atoms with Crippen LogP contribution in [-0.2, 0) is 0 Å². The van der Waals surface area contributed by atoms with Crippen LogP contribution in [0, 0.1) is 11.3 Å². The first-order chi connectivity index (χ1) is 9.35. The Labute approximate surface area is 117 Å². The molecule has 0 fully saturated rings. The van der Waals surface area contributed by atoms with E-state index in [1.807, 2.05) is 24.3 Å². The second-order valence-corrected chi connectivity index (χ2v) is 5.18. The van der Waals surface area contributed by atoms with Gasteiger partial charge in [0.05, 0.1) is 11.3 Å². The predicted molar refractivity (Wildman–Crippen MR) is 77.8 cm³/mol. The first-order valence-corrected chi connectivity index (χ1v) is 7.28. The van der Waals surface area contributed by atoms with Gasteiger partial charge in [-0.25, -0.2) is 4.98 Å². The molecule has 0 spiro atoms. The van der Waals surface area contributed by atoms with Crippen LogP contribution in [0.15, 0.2) is 41.7 Å². The number of hydrogen-bond acceptors (Lipinski definition) is 4. The fraction of sp³-hybridized carbons (Fsp3) is 0.267. The number of aromatic nitrogens is 2. The van der Waals surface area contributed by atoms with Gasteiger partial charge in [0.1, 0.15) is 11.1 Å². The first kappa shape index (κ1) is 13.6. The third-order valence-corrected chi connectivity index (χ3v) is 3.77. The minimum atomic E-state index is 0.652. The van der Waals surface area contributed by atoms with E-state index in [-0.39, 0.29) is 0 Å². The van der Waals surface area contributed by atoms with E-state index in [0.717, 1.165) is 34.9 Å². The van der Waals surface area contributed by atoms with E-state index in [9.17, 15) is 0 Å². The van der Waals surface area contributed by atoms with Crippen molar-refractivity contribution >= 4 is 11.8 Å². The van der Waals surface area contributed by atoms with Gasteiger partial charge < -0.3 is 0 Å². The number of nitriles is 1. The Morgan fingerprint density at radius 1 is 1.21 bits per heavy atom. The average Bonchev–Trinajstić information content (AvgIpc) is 2.48. The number of rotatable bonds is 5. The molecule has 0 aromatic carbocycles. The van der Waals surface area contributed by atoms with Crippen LogP contribution in [0.25, 0.3) is 11.3 Å². The lowest BCUT2D eigenvalue weighted by Crippen LogP contribution is -1.92. The highest BCUT2D eigenvalue weighted by Crippen LogP contribution is 2.25. The summed E-state index contributed by atoms with van der Waals surface area (Å²) in [6.45, 7) is 2.16. The second-order valence-electron chi connectivity index (χ2n) is 4.10. The topological polar surface area (TPSA) is 49.6 Å². The summed E-state index contributed by atoms with van der Waals surface area (Å²) in [6, 6.07) is 9.79. The Morgan fingerprint density at radius 3 is 2.68 bits per heavy atom. The number of nitrogens with zero attached hydrogens (tertiary/aromatic N) is 3. The monoisotopic (exact) mass is 269 g/mol. The summed E-state index contributed by atoms with van der Waals surface area (Å²) in [5, 5.41) is 9.95. The molecular formula is C15H15N3S. The maximum Gasteiger partial charge on any atom is 0.115 e. The van der Waals surface area contributed by atoms with Crippen molar-refractivity contribution in [1.29, 1.82) is 5.26 Å². The predicted octanol–water partition coefficient (Wildman–Crippen LogP) is 3.91. The van der Waals surface area contributed by atoms with Crippen LogP contribution in [0.4, 0.5) is 0 Å². The van der Waals surface area contributed by atoms with Crippen LogP contribution in [0.3, 0.4) is 0 Å².